The van der Waals surface area contributed by atoms with Gasteiger partial charge in [-0.3, -0.25) is 14.3 Å². The second-order valence-electron chi connectivity index (χ2n) is 8.75. The fourth-order valence-electron chi connectivity index (χ4n) is 3.59. The number of aromatic nitrogens is 5. The van der Waals surface area contributed by atoms with E-state index < -0.39 is 5.60 Å². The lowest BCUT2D eigenvalue weighted by Crippen LogP contribution is -2.22. The number of hydrogen-bond donors (Lipinski definition) is 1. The Morgan fingerprint density at radius 1 is 1.11 bits per heavy atom. The molecule has 0 radical (unpaired) electrons. The highest BCUT2D eigenvalue weighted by molar-refractivity contribution is 9.10. The van der Waals surface area contributed by atoms with E-state index in [-0.39, 0.29) is 16.6 Å². The molecule has 0 aromatic carbocycles. The molecule has 4 heterocycles. The van der Waals surface area contributed by atoms with Crippen LogP contribution in [0.1, 0.15) is 36.6 Å². The van der Waals surface area contributed by atoms with E-state index in [1.807, 2.05) is 26.0 Å². The first-order valence-electron chi connectivity index (χ1n) is 11.2. The Balaban J connectivity index is 1.69. The van der Waals surface area contributed by atoms with Gasteiger partial charge in [0.05, 0.1) is 29.9 Å². The smallest absolute Gasteiger partial charge is 0.273 e. The van der Waals surface area contributed by atoms with Gasteiger partial charge in [0.1, 0.15) is 22.4 Å². The number of aryl methyl sites for hydroxylation is 2. The van der Waals surface area contributed by atoms with Crippen molar-refractivity contribution in [2.45, 2.75) is 39.9 Å². The van der Waals surface area contributed by atoms with Crippen molar-refractivity contribution >= 4 is 15.9 Å². The Kier molecular flexibility index (Phi) is 7.18. The fourth-order valence-corrected chi connectivity index (χ4v) is 4.00. The van der Waals surface area contributed by atoms with Crippen LogP contribution in [0, 0.1) is 13.8 Å². The SMILES string of the molecule is COc1cccc(COc2cc(C)n(-c3ccnc(-c4nc(C(C)(C)O)ncc4C)c3)c(=O)c2Br)n1. The predicted octanol–water partition coefficient (Wildman–Crippen LogP) is 4.28. The quantitative estimate of drug-likeness (QED) is 0.362. The highest BCUT2D eigenvalue weighted by Gasteiger charge is 2.22. The molecule has 4 rings (SSSR count). The summed E-state index contributed by atoms with van der Waals surface area (Å²) in [6, 6.07) is 10.7. The molecule has 0 amide bonds. The highest BCUT2D eigenvalue weighted by Crippen LogP contribution is 2.27. The lowest BCUT2D eigenvalue weighted by Gasteiger charge is -2.17. The summed E-state index contributed by atoms with van der Waals surface area (Å²) >= 11 is 3.40. The van der Waals surface area contributed by atoms with Crippen LogP contribution in [0.3, 0.4) is 0 Å². The number of nitrogens with zero attached hydrogens (tertiary/aromatic N) is 5. The Hall–Kier alpha value is -3.63. The molecule has 9 nitrogen and oxygen atoms in total. The maximum atomic E-state index is 13.3. The van der Waals surface area contributed by atoms with Gasteiger partial charge in [0.2, 0.25) is 5.88 Å². The monoisotopic (exact) mass is 551 g/mol. The summed E-state index contributed by atoms with van der Waals surface area (Å²) in [5.41, 5.74) is 2.42. The first-order chi connectivity index (χ1) is 17.1. The van der Waals surface area contributed by atoms with E-state index in [1.165, 1.54) is 0 Å². The number of ether oxygens (including phenoxy) is 2. The van der Waals surface area contributed by atoms with Crippen LogP contribution < -0.4 is 15.0 Å². The van der Waals surface area contributed by atoms with Crippen LogP contribution >= 0.6 is 15.9 Å². The average molecular weight is 552 g/mol. The van der Waals surface area contributed by atoms with Gasteiger partial charge in [-0.05, 0) is 67.4 Å². The van der Waals surface area contributed by atoms with Gasteiger partial charge in [-0.15, -0.1) is 0 Å². The van der Waals surface area contributed by atoms with Crippen molar-refractivity contribution < 1.29 is 14.6 Å². The van der Waals surface area contributed by atoms with Gasteiger partial charge in [0, 0.05) is 30.2 Å². The summed E-state index contributed by atoms with van der Waals surface area (Å²) in [5.74, 6) is 1.19. The molecule has 0 saturated carbocycles. The normalized spacial score (nSPS) is 11.4. The lowest BCUT2D eigenvalue weighted by molar-refractivity contribution is 0.0688. The number of methoxy groups -OCH3 is 1. The van der Waals surface area contributed by atoms with Crippen molar-refractivity contribution in [1.82, 2.24) is 24.5 Å². The Morgan fingerprint density at radius 3 is 2.61 bits per heavy atom. The minimum absolute atomic E-state index is 0.175. The Labute approximate surface area is 217 Å². The largest absolute Gasteiger partial charge is 0.486 e. The summed E-state index contributed by atoms with van der Waals surface area (Å²) in [4.78, 5) is 30.9. The zero-order chi connectivity index (χ0) is 26.0. The molecule has 0 aliphatic rings. The summed E-state index contributed by atoms with van der Waals surface area (Å²) in [5, 5.41) is 10.3. The van der Waals surface area contributed by atoms with E-state index in [9.17, 15) is 9.90 Å². The highest BCUT2D eigenvalue weighted by atomic mass is 79.9. The first-order valence-corrected chi connectivity index (χ1v) is 12.0. The summed E-state index contributed by atoms with van der Waals surface area (Å²) in [7, 11) is 1.55. The van der Waals surface area contributed by atoms with Crippen molar-refractivity contribution in [1.29, 1.82) is 0 Å². The Bertz CT molecular complexity index is 1480. The molecule has 0 aliphatic carbocycles. The molecular formula is C26H26BrN5O4. The summed E-state index contributed by atoms with van der Waals surface area (Å²) in [6.45, 7) is 7.12. The number of hydrogen-bond acceptors (Lipinski definition) is 8. The maximum Gasteiger partial charge on any atom is 0.273 e. The van der Waals surface area contributed by atoms with Crippen LogP contribution in [-0.2, 0) is 12.2 Å². The molecule has 10 heteroatoms. The van der Waals surface area contributed by atoms with Crippen molar-refractivity contribution in [2.75, 3.05) is 7.11 Å². The van der Waals surface area contributed by atoms with Crippen LogP contribution in [-0.4, -0.2) is 36.7 Å². The maximum absolute atomic E-state index is 13.3. The van der Waals surface area contributed by atoms with E-state index in [4.69, 9.17) is 9.47 Å². The van der Waals surface area contributed by atoms with E-state index >= 15 is 0 Å². The zero-order valence-electron chi connectivity index (χ0n) is 20.6. The molecule has 4 aromatic heterocycles. The number of aliphatic hydroxyl groups is 1. The number of halogens is 1. The van der Waals surface area contributed by atoms with E-state index in [2.05, 4.69) is 35.9 Å². The van der Waals surface area contributed by atoms with Crippen LogP contribution in [0.25, 0.3) is 17.1 Å². The molecule has 0 fully saturated rings. The second kappa shape index (κ2) is 10.2. The third-order valence-electron chi connectivity index (χ3n) is 5.43. The van der Waals surface area contributed by atoms with Gasteiger partial charge in [0.25, 0.3) is 5.56 Å². The molecule has 0 saturated heterocycles. The van der Waals surface area contributed by atoms with Crippen LogP contribution in [0.2, 0.25) is 0 Å². The van der Waals surface area contributed by atoms with Crippen LogP contribution in [0.5, 0.6) is 11.6 Å². The molecule has 0 spiro atoms. The zero-order valence-corrected chi connectivity index (χ0v) is 22.2. The minimum Gasteiger partial charge on any atom is -0.486 e. The predicted molar refractivity (Wildman–Crippen MR) is 138 cm³/mol. The minimum atomic E-state index is -1.20. The average Bonchev–Trinajstić information content (AvgIpc) is 2.85. The summed E-state index contributed by atoms with van der Waals surface area (Å²) < 4.78 is 12.9. The van der Waals surface area contributed by atoms with Gasteiger partial charge in [-0.2, -0.15) is 0 Å². The first kappa shape index (κ1) is 25.5. The van der Waals surface area contributed by atoms with Gasteiger partial charge in [-0.25, -0.2) is 15.0 Å². The molecule has 0 aliphatic heterocycles. The molecule has 1 N–H and O–H groups in total. The fraction of sp³-hybridized carbons (Fsp3) is 0.269. The van der Waals surface area contributed by atoms with Crippen LogP contribution in [0.15, 0.2) is 58.1 Å². The van der Waals surface area contributed by atoms with Gasteiger partial charge < -0.3 is 14.6 Å². The van der Waals surface area contributed by atoms with E-state index in [0.29, 0.717) is 45.9 Å². The van der Waals surface area contributed by atoms with Gasteiger partial charge in [0.15, 0.2) is 5.82 Å². The standard InChI is InChI=1S/C26H26BrN5O4/c1-15-13-29-25(26(3,4)34)31-23(15)19-12-18(9-10-28-19)32-16(2)11-20(22(27)24(32)33)36-14-17-7-6-8-21(30-17)35-5/h6-13,34H,14H2,1-5H3. The number of rotatable bonds is 7. The molecule has 0 atom stereocenters. The number of pyridine rings is 3. The Morgan fingerprint density at radius 2 is 1.89 bits per heavy atom. The molecule has 36 heavy (non-hydrogen) atoms. The molecule has 186 valence electrons. The molecule has 0 unspecified atom stereocenters. The van der Waals surface area contributed by atoms with E-state index in [1.54, 1.807) is 62.2 Å². The molecular weight excluding hydrogens is 526 g/mol. The lowest BCUT2D eigenvalue weighted by atomic mass is 10.1. The third-order valence-corrected chi connectivity index (χ3v) is 6.16. The van der Waals surface area contributed by atoms with E-state index in [0.717, 1.165) is 5.56 Å². The van der Waals surface area contributed by atoms with Gasteiger partial charge >= 0.3 is 0 Å². The van der Waals surface area contributed by atoms with Crippen molar-refractivity contribution in [3.63, 3.8) is 0 Å². The topological polar surface area (TPSA) is 112 Å². The second-order valence-corrected chi connectivity index (χ2v) is 9.54. The summed E-state index contributed by atoms with van der Waals surface area (Å²) in [6.07, 6.45) is 3.27. The van der Waals surface area contributed by atoms with Crippen molar-refractivity contribution in [2.24, 2.45) is 0 Å². The van der Waals surface area contributed by atoms with Crippen LogP contribution in [0.4, 0.5) is 0 Å². The van der Waals surface area contributed by atoms with Crippen molar-refractivity contribution in [3.05, 3.63) is 86.4 Å². The third kappa shape index (κ3) is 5.29. The van der Waals surface area contributed by atoms with Gasteiger partial charge in [-0.1, -0.05) is 6.07 Å². The van der Waals surface area contributed by atoms with Crippen molar-refractivity contribution in [3.8, 4) is 28.7 Å². The molecule has 0 bridgehead atoms. The molecule has 4 aromatic rings.